The van der Waals surface area contributed by atoms with Crippen molar-refractivity contribution in [3.05, 3.63) is 120 Å². The summed E-state index contributed by atoms with van der Waals surface area (Å²) in [6.07, 6.45) is 6.79. The van der Waals surface area contributed by atoms with Crippen LogP contribution in [0.4, 0.5) is 0 Å². The molecule has 1 radical (unpaired) electrons. The molecule has 2 aromatic heterocycles. The summed E-state index contributed by atoms with van der Waals surface area (Å²) in [6.45, 7) is 3.06. The first-order valence-corrected chi connectivity index (χ1v) is 11.6. The first kappa shape index (κ1) is 25.7. The third kappa shape index (κ3) is 5.42. The average Bonchev–Trinajstić information content (AvgIpc) is 3.43. The van der Waals surface area contributed by atoms with Crippen LogP contribution in [-0.2, 0) is 33.1 Å². The smallest absolute Gasteiger partial charge is 0.0584 e. The topological polar surface area (TPSA) is 78.3 Å². The average molecular weight is 656 g/mol. The van der Waals surface area contributed by atoms with Crippen LogP contribution < -0.4 is 0 Å². The van der Waals surface area contributed by atoms with Crippen molar-refractivity contribution in [1.82, 2.24) is 14.5 Å². The molecule has 3 heterocycles. The number of imidazole rings is 1. The fourth-order valence-electron chi connectivity index (χ4n) is 4.27. The van der Waals surface area contributed by atoms with Crippen molar-refractivity contribution < 1.29 is 20.1 Å². The second kappa shape index (κ2) is 11.6. The van der Waals surface area contributed by atoms with Gasteiger partial charge in [0, 0.05) is 50.9 Å². The number of aromatic nitrogens is 3. The van der Waals surface area contributed by atoms with E-state index in [-0.39, 0.29) is 25.7 Å². The minimum Gasteiger partial charge on any atom is -0.371 e. The Morgan fingerprint density at radius 1 is 0.973 bits per heavy atom. The third-order valence-electron chi connectivity index (χ3n) is 6.15. The minimum atomic E-state index is 0. The van der Waals surface area contributed by atoms with Gasteiger partial charge in [-0.3, -0.25) is 9.97 Å². The second-order valence-electron chi connectivity index (χ2n) is 8.40. The molecule has 6 rings (SSSR count). The summed E-state index contributed by atoms with van der Waals surface area (Å²) in [5.74, 6) is 1.06. The van der Waals surface area contributed by atoms with Crippen molar-refractivity contribution in [3.8, 4) is 45.9 Å². The third-order valence-corrected chi connectivity index (χ3v) is 6.15. The molecule has 37 heavy (non-hydrogen) atoms. The zero-order valence-electron chi connectivity index (χ0n) is 20.1. The Morgan fingerprint density at radius 2 is 1.81 bits per heavy atom. The van der Waals surface area contributed by atoms with E-state index in [1.165, 1.54) is 11.1 Å². The Balaban J connectivity index is 0.000000193. The number of nitrogens with zero attached hydrogens (tertiary/aromatic N) is 5. The van der Waals surface area contributed by atoms with Gasteiger partial charge in [0.05, 0.1) is 11.9 Å². The number of hydrogen-bond acceptors (Lipinski definition) is 4. The monoisotopic (exact) mass is 656 g/mol. The van der Waals surface area contributed by atoms with Crippen LogP contribution in [0.3, 0.4) is 0 Å². The van der Waals surface area contributed by atoms with E-state index in [0.29, 0.717) is 11.1 Å². The van der Waals surface area contributed by atoms with E-state index in [1.807, 2.05) is 74.1 Å². The summed E-state index contributed by atoms with van der Waals surface area (Å²) in [4.78, 5) is 8.77. The molecule has 0 saturated heterocycles. The summed E-state index contributed by atoms with van der Waals surface area (Å²) in [5, 5.41) is 18.1. The van der Waals surface area contributed by atoms with E-state index in [2.05, 4.69) is 44.9 Å². The molecule has 0 bridgehead atoms. The summed E-state index contributed by atoms with van der Waals surface area (Å²) < 4.78 is 2.18. The summed E-state index contributed by atoms with van der Waals surface area (Å²) in [5.41, 5.74) is 7.82. The van der Waals surface area contributed by atoms with Crippen molar-refractivity contribution in [3.63, 3.8) is 0 Å². The molecule has 0 fully saturated rings. The van der Waals surface area contributed by atoms with Gasteiger partial charge in [-0.1, -0.05) is 42.0 Å². The number of rotatable bonds is 2. The van der Waals surface area contributed by atoms with Crippen molar-refractivity contribution >= 4 is 0 Å². The largest absolute Gasteiger partial charge is 0.371 e. The number of nitriles is 2. The maximum Gasteiger partial charge on any atom is 0.0584 e. The predicted octanol–water partition coefficient (Wildman–Crippen LogP) is 6.17. The Labute approximate surface area is 230 Å². The fourth-order valence-corrected chi connectivity index (χ4v) is 4.27. The second-order valence-corrected chi connectivity index (χ2v) is 8.40. The van der Waals surface area contributed by atoms with E-state index in [1.54, 1.807) is 12.1 Å². The van der Waals surface area contributed by atoms with Crippen molar-refractivity contribution in [2.24, 2.45) is 0 Å². The van der Waals surface area contributed by atoms with E-state index >= 15 is 0 Å². The van der Waals surface area contributed by atoms with E-state index in [0.717, 1.165) is 41.2 Å². The molecule has 3 aromatic carbocycles. The molecule has 0 aliphatic carbocycles. The molecular weight excluding hydrogens is 635 g/mol. The number of pyridine rings is 1. The van der Waals surface area contributed by atoms with Gasteiger partial charge in [-0.15, -0.1) is 53.6 Å². The Morgan fingerprint density at radius 3 is 2.59 bits per heavy atom. The maximum atomic E-state index is 9.14. The molecule has 181 valence electrons. The van der Waals surface area contributed by atoms with Gasteiger partial charge < -0.3 is 4.57 Å². The molecule has 1 aliphatic heterocycles. The molecular formula is C31H21IrN5-2. The van der Waals surface area contributed by atoms with Gasteiger partial charge >= 0.3 is 0 Å². The minimum absolute atomic E-state index is 0. The van der Waals surface area contributed by atoms with Gasteiger partial charge in [-0.05, 0) is 47.2 Å². The molecule has 0 atom stereocenters. The molecule has 5 aromatic rings. The number of benzene rings is 3. The fraction of sp³-hybridized carbons (Fsp3) is 0.0968. The molecule has 0 spiro atoms. The first-order chi connectivity index (χ1) is 17.7. The van der Waals surface area contributed by atoms with Crippen LogP contribution in [0.5, 0.6) is 0 Å². The van der Waals surface area contributed by atoms with Crippen LogP contribution >= 0.6 is 0 Å². The van der Waals surface area contributed by atoms with Gasteiger partial charge in [-0.2, -0.15) is 0 Å². The Kier molecular flexibility index (Phi) is 8.06. The number of aryl methyl sites for hydroxylation is 3. The Bertz CT molecular complexity index is 1620. The van der Waals surface area contributed by atoms with Gasteiger partial charge in [0.2, 0.25) is 0 Å². The van der Waals surface area contributed by atoms with Crippen LogP contribution in [0.25, 0.3) is 33.8 Å². The Hall–Kier alpha value is -4.35. The van der Waals surface area contributed by atoms with Gasteiger partial charge in [0.25, 0.3) is 0 Å². The van der Waals surface area contributed by atoms with Crippen LogP contribution in [0.1, 0.15) is 22.3 Å². The molecule has 6 heteroatoms. The van der Waals surface area contributed by atoms with Crippen LogP contribution in [0.2, 0.25) is 0 Å². The van der Waals surface area contributed by atoms with Gasteiger partial charge in [0.1, 0.15) is 0 Å². The zero-order chi connectivity index (χ0) is 24.9. The normalized spacial score (nSPS) is 10.9. The van der Waals surface area contributed by atoms with Crippen molar-refractivity contribution in [2.75, 3.05) is 0 Å². The van der Waals surface area contributed by atoms with Crippen LogP contribution in [0.15, 0.2) is 85.3 Å². The predicted molar refractivity (Wildman–Crippen MR) is 138 cm³/mol. The van der Waals surface area contributed by atoms with Crippen LogP contribution in [0, 0.1) is 41.7 Å². The molecule has 1 aliphatic rings. The van der Waals surface area contributed by atoms with Crippen molar-refractivity contribution in [2.45, 2.75) is 19.9 Å². The van der Waals surface area contributed by atoms with Crippen LogP contribution in [-0.4, -0.2) is 14.5 Å². The molecule has 5 nitrogen and oxygen atoms in total. The summed E-state index contributed by atoms with van der Waals surface area (Å²) >= 11 is 0. The van der Waals surface area contributed by atoms with Gasteiger partial charge in [-0.25, -0.2) is 10.5 Å². The molecule has 0 saturated carbocycles. The van der Waals surface area contributed by atoms with Gasteiger partial charge in [0.15, 0.2) is 0 Å². The number of fused-ring (bicyclic) bond motifs is 3. The molecule has 0 N–H and O–H groups in total. The van der Waals surface area contributed by atoms with E-state index in [9.17, 15) is 0 Å². The van der Waals surface area contributed by atoms with E-state index in [4.69, 9.17) is 10.5 Å². The number of hydrogen-bond donors (Lipinski definition) is 0. The standard InChI is InChI=1S/C20H12N3.C11H9N2.Ir/c1-14-13-23-20(10-19(14)15-5-3-2-4-6-15)16-7-8-17(11-21)18(9-16)12-22;1-2-4-10-9(3-1)5-7-13-8-6-12-11(10)13;/h2-8,10,13H,1H3;1-3,6,8H,5,7H2;/q2*-1;. The van der Waals surface area contributed by atoms with E-state index < -0.39 is 0 Å². The molecule has 0 unspecified atom stereocenters. The summed E-state index contributed by atoms with van der Waals surface area (Å²) in [7, 11) is 0. The molecule has 0 amide bonds. The quantitative estimate of drug-likeness (QED) is 0.213. The zero-order valence-corrected chi connectivity index (χ0v) is 22.5. The SMILES string of the molecule is Cc1cnc(-c2[c-]c(C#N)c(C#N)cc2)cc1-c1ccccc1.[Ir].[c-]1cccc2c1-c1nccn1CC2. The maximum absolute atomic E-state index is 9.14. The van der Waals surface area contributed by atoms with Crippen molar-refractivity contribution in [1.29, 1.82) is 10.5 Å². The summed E-state index contributed by atoms with van der Waals surface area (Å²) in [6, 6.07) is 31.8. The first-order valence-electron chi connectivity index (χ1n) is 11.6.